The van der Waals surface area contributed by atoms with E-state index < -0.39 is 0 Å². The lowest BCUT2D eigenvalue weighted by molar-refractivity contribution is 0.994. The Morgan fingerprint density at radius 1 is 0.386 bits per heavy atom. The van der Waals surface area contributed by atoms with Gasteiger partial charge in [0.15, 0.2) is 0 Å². The smallest absolute Gasteiger partial charge is 0.235 e. The van der Waals surface area contributed by atoms with Crippen LogP contribution in [0, 0.1) is 0 Å². The number of allylic oxidation sites excluding steroid dienone is 1. The first-order valence-electron chi connectivity index (χ1n) is 23.9. The zero-order valence-corrected chi connectivity index (χ0v) is 38.4. The molecule has 4 aromatic heterocycles. The van der Waals surface area contributed by atoms with Gasteiger partial charge in [0.25, 0.3) is 0 Å². The number of para-hydroxylation sites is 2. The monoisotopic (exact) mass is 893 g/mol. The highest BCUT2D eigenvalue weighted by Crippen LogP contribution is 2.44. The molecule has 0 amide bonds. The molecule has 0 unspecified atom stereocenters. The topological polar surface area (TPSA) is 40.6 Å². The Bertz CT molecular complexity index is 4410. The average molecular weight is 894 g/mol. The second-order valence-electron chi connectivity index (χ2n) is 18.1. The molecule has 14 rings (SSSR count). The Morgan fingerprint density at radius 3 is 1.59 bits per heavy atom. The van der Waals surface area contributed by atoms with Crippen LogP contribution in [0.1, 0.15) is 18.2 Å². The van der Waals surface area contributed by atoms with Crippen molar-refractivity contribution in [3.8, 4) is 39.8 Å². The maximum Gasteiger partial charge on any atom is 0.235 e. The highest BCUT2D eigenvalue weighted by molar-refractivity contribution is 6.24. The molecule has 0 aliphatic rings. The largest absolute Gasteiger partial charge is 0.309 e. The maximum absolute atomic E-state index is 5.54. The van der Waals surface area contributed by atoms with Crippen LogP contribution in [-0.2, 0) is 0 Å². The molecule has 0 spiro atoms. The van der Waals surface area contributed by atoms with Gasteiger partial charge >= 0.3 is 0 Å². The van der Waals surface area contributed by atoms with Gasteiger partial charge in [-0.2, -0.15) is 0 Å². The summed E-state index contributed by atoms with van der Waals surface area (Å²) < 4.78 is 7.09. The third-order valence-electron chi connectivity index (χ3n) is 14.3. The fourth-order valence-corrected chi connectivity index (χ4v) is 11.3. The number of hydrogen-bond acceptors (Lipinski definition) is 2. The molecule has 0 radical (unpaired) electrons. The Labute approximate surface area is 403 Å². The van der Waals surface area contributed by atoms with Gasteiger partial charge in [0.05, 0.1) is 44.7 Å². The van der Waals surface area contributed by atoms with Gasteiger partial charge in [0.2, 0.25) is 5.95 Å². The molecule has 0 N–H and O–H groups in total. The maximum atomic E-state index is 5.54. The summed E-state index contributed by atoms with van der Waals surface area (Å²) in [4.78, 5) is 11.1. The van der Waals surface area contributed by atoms with E-state index in [2.05, 4.69) is 252 Å². The first kappa shape index (κ1) is 39.8. The van der Waals surface area contributed by atoms with Crippen LogP contribution >= 0.6 is 0 Å². The second-order valence-corrected chi connectivity index (χ2v) is 18.1. The summed E-state index contributed by atoms with van der Waals surface area (Å²) in [7, 11) is 0. The molecule has 0 saturated carbocycles. The standard InChI is InChI=1S/C65H43N5/c1-3-17-57-47(4-2)63-60(36-37-61-64(63)54-27-12-14-31-59(54)68(61)45-33-32-41-18-5-6-21-44(41)38-45)69(57)46-34-35-53-52-26-11-13-30-58(52)70(62(53)39-46)65-66-55(50-28-15-22-42-19-7-9-24-48(42)50)40-56(67-65)51-29-16-23-43-20-8-10-25-49(43)51/h3-40H,2H2,1H3/b17-3-. The van der Waals surface area contributed by atoms with E-state index in [-0.39, 0.29) is 0 Å². The molecule has 0 aliphatic heterocycles. The van der Waals surface area contributed by atoms with Crippen LogP contribution in [0.5, 0.6) is 0 Å². The summed E-state index contributed by atoms with van der Waals surface area (Å²) in [5.74, 6) is 0.609. The summed E-state index contributed by atoms with van der Waals surface area (Å²) in [5.41, 5.74) is 13.6. The van der Waals surface area contributed by atoms with Gasteiger partial charge in [-0.05, 0) is 99.9 Å². The van der Waals surface area contributed by atoms with E-state index >= 15 is 0 Å². The highest BCUT2D eigenvalue weighted by atomic mass is 15.2. The lowest BCUT2D eigenvalue weighted by atomic mass is 9.99. The molecule has 5 nitrogen and oxygen atoms in total. The fraction of sp³-hybridized carbons (Fsp3) is 0.0154. The number of fused-ring (bicyclic) bond motifs is 11. The van der Waals surface area contributed by atoms with Gasteiger partial charge in [-0.25, -0.2) is 9.97 Å². The minimum absolute atomic E-state index is 0.609. The van der Waals surface area contributed by atoms with Gasteiger partial charge in [-0.1, -0.05) is 176 Å². The quantitative estimate of drug-likeness (QED) is 0.160. The van der Waals surface area contributed by atoms with Crippen molar-refractivity contribution in [1.29, 1.82) is 0 Å². The number of rotatable bonds is 7. The molecule has 0 saturated heterocycles. The number of hydrogen-bond donors (Lipinski definition) is 0. The molecule has 0 bridgehead atoms. The molecule has 0 aliphatic carbocycles. The van der Waals surface area contributed by atoms with Crippen molar-refractivity contribution in [3.05, 3.63) is 236 Å². The van der Waals surface area contributed by atoms with E-state index in [1.165, 1.54) is 37.7 Å². The molecule has 10 aromatic carbocycles. The van der Waals surface area contributed by atoms with E-state index in [0.29, 0.717) is 5.95 Å². The number of nitrogens with zero attached hydrogens (tertiary/aromatic N) is 5. The lowest BCUT2D eigenvalue weighted by Gasteiger charge is -2.15. The summed E-state index contributed by atoms with van der Waals surface area (Å²) in [5, 5.41) is 12.9. The lowest BCUT2D eigenvalue weighted by Crippen LogP contribution is -2.05. The second kappa shape index (κ2) is 15.6. The van der Waals surface area contributed by atoms with Crippen LogP contribution in [0.4, 0.5) is 0 Å². The Balaban J connectivity index is 1.05. The highest BCUT2D eigenvalue weighted by Gasteiger charge is 2.24. The predicted octanol–water partition coefficient (Wildman–Crippen LogP) is 17.1. The molecular formula is C65H43N5. The minimum Gasteiger partial charge on any atom is -0.309 e. The first-order chi connectivity index (χ1) is 34.6. The summed E-state index contributed by atoms with van der Waals surface area (Å²) in [6.45, 7) is 6.57. The zero-order valence-electron chi connectivity index (χ0n) is 38.4. The fourth-order valence-electron chi connectivity index (χ4n) is 11.3. The SMILES string of the molecule is C=Cc1c(/C=C\C)n(-c2ccc3c4ccccc4n(-c4nc(-c5cccc6ccccc56)cc(-c5cccc6ccccc56)n4)c3c2)c2ccc3c(c4ccccc4n3-c3ccc4ccccc4c3)c12. The Kier molecular flexibility index (Phi) is 8.89. The molecule has 70 heavy (non-hydrogen) atoms. The van der Waals surface area contributed by atoms with Crippen molar-refractivity contribution < 1.29 is 0 Å². The Hall–Kier alpha value is -9.32. The van der Waals surface area contributed by atoms with Gasteiger partial charge in [-0.3, -0.25) is 4.57 Å². The van der Waals surface area contributed by atoms with Crippen LogP contribution in [0.25, 0.3) is 139 Å². The van der Waals surface area contributed by atoms with E-state index in [1.54, 1.807) is 0 Å². The van der Waals surface area contributed by atoms with Crippen LogP contribution in [0.2, 0.25) is 0 Å². The average Bonchev–Trinajstić information content (AvgIpc) is 4.05. The summed E-state index contributed by atoms with van der Waals surface area (Å²) >= 11 is 0. The van der Waals surface area contributed by atoms with E-state index in [9.17, 15) is 0 Å². The van der Waals surface area contributed by atoms with Crippen molar-refractivity contribution in [2.45, 2.75) is 6.92 Å². The van der Waals surface area contributed by atoms with Crippen molar-refractivity contribution in [1.82, 2.24) is 23.7 Å². The number of aromatic nitrogens is 5. The van der Waals surface area contributed by atoms with Crippen molar-refractivity contribution >= 4 is 99.0 Å². The van der Waals surface area contributed by atoms with Crippen LogP contribution in [0.3, 0.4) is 0 Å². The van der Waals surface area contributed by atoms with Gasteiger partial charge in [0.1, 0.15) is 0 Å². The van der Waals surface area contributed by atoms with Crippen LogP contribution in [0.15, 0.2) is 225 Å². The summed E-state index contributed by atoms with van der Waals surface area (Å²) in [6, 6.07) is 76.4. The molecule has 4 heterocycles. The van der Waals surface area contributed by atoms with Crippen molar-refractivity contribution in [2.24, 2.45) is 0 Å². The molecule has 5 heteroatoms. The van der Waals surface area contributed by atoms with Gasteiger partial charge in [0, 0.05) is 55.0 Å². The van der Waals surface area contributed by atoms with E-state index in [0.717, 1.165) is 94.3 Å². The van der Waals surface area contributed by atoms with Crippen molar-refractivity contribution in [3.63, 3.8) is 0 Å². The molecule has 0 atom stereocenters. The normalized spacial score (nSPS) is 12.1. The summed E-state index contributed by atoms with van der Waals surface area (Å²) in [6.07, 6.45) is 6.38. The Morgan fingerprint density at radius 2 is 0.914 bits per heavy atom. The minimum atomic E-state index is 0.609. The molecule has 328 valence electrons. The van der Waals surface area contributed by atoms with Crippen molar-refractivity contribution in [2.75, 3.05) is 0 Å². The number of benzene rings is 10. The van der Waals surface area contributed by atoms with Crippen LogP contribution < -0.4 is 0 Å². The third kappa shape index (κ3) is 5.91. The molecule has 0 fully saturated rings. The zero-order chi connectivity index (χ0) is 46.5. The van der Waals surface area contributed by atoms with Crippen LogP contribution in [-0.4, -0.2) is 23.7 Å². The van der Waals surface area contributed by atoms with Gasteiger partial charge < -0.3 is 9.13 Å². The first-order valence-corrected chi connectivity index (χ1v) is 23.9. The molecule has 14 aromatic rings. The molecular weight excluding hydrogens is 851 g/mol. The van der Waals surface area contributed by atoms with Gasteiger partial charge in [-0.15, -0.1) is 0 Å². The third-order valence-corrected chi connectivity index (χ3v) is 14.3. The predicted molar refractivity (Wildman–Crippen MR) is 296 cm³/mol. The van der Waals surface area contributed by atoms with E-state index in [1.807, 2.05) is 6.08 Å². The van der Waals surface area contributed by atoms with E-state index in [4.69, 9.17) is 9.97 Å².